The van der Waals surface area contributed by atoms with E-state index >= 15 is 0 Å². The Balaban J connectivity index is 1.50. The standard InChI is InChI=1S/C22H25N3O2S2/c1-12-9-10-25(17-8-6-5-7-16(12)17)22(27)15(4)28-11-18-23-20(26)19-13(2)14(3)29-21(19)24-18/h5-8,12,15H,9-11H2,1-4H3,(H,23,24,26). The topological polar surface area (TPSA) is 66.1 Å². The predicted octanol–water partition coefficient (Wildman–Crippen LogP) is 4.76. The van der Waals surface area contributed by atoms with E-state index in [0.29, 0.717) is 22.9 Å². The van der Waals surface area contributed by atoms with E-state index in [1.54, 1.807) is 11.3 Å². The van der Waals surface area contributed by atoms with Crippen LogP contribution in [0.5, 0.6) is 0 Å². The molecule has 3 aromatic rings. The molecule has 7 heteroatoms. The van der Waals surface area contributed by atoms with Crippen molar-refractivity contribution in [3.05, 3.63) is 56.4 Å². The lowest BCUT2D eigenvalue weighted by Crippen LogP contribution is -2.40. The maximum absolute atomic E-state index is 13.1. The Kier molecular flexibility index (Phi) is 5.53. The second kappa shape index (κ2) is 7.95. The van der Waals surface area contributed by atoms with Gasteiger partial charge in [0.25, 0.3) is 5.56 Å². The minimum absolute atomic E-state index is 0.0922. The number of thiophene rings is 1. The van der Waals surface area contributed by atoms with E-state index in [1.165, 1.54) is 17.3 Å². The van der Waals surface area contributed by atoms with Gasteiger partial charge in [-0.25, -0.2) is 4.98 Å². The van der Waals surface area contributed by atoms with Crippen molar-refractivity contribution in [2.24, 2.45) is 0 Å². The summed E-state index contributed by atoms with van der Waals surface area (Å²) in [5, 5.41) is 0.466. The van der Waals surface area contributed by atoms with Crippen LogP contribution in [-0.4, -0.2) is 27.7 Å². The van der Waals surface area contributed by atoms with Crippen LogP contribution in [0.1, 0.15) is 48.0 Å². The summed E-state index contributed by atoms with van der Waals surface area (Å²) in [4.78, 5) is 36.9. The van der Waals surface area contributed by atoms with E-state index in [4.69, 9.17) is 0 Å². The van der Waals surface area contributed by atoms with Crippen LogP contribution in [-0.2, 0) is 10.5 Å². The Morgan fingerprint density at radius 2 is 2.14 bits per heavy atom. The highest BCUT2D eigenvalue weighted by atomic mass is 32.2. The zero-order chi connectivity index (χ0) is 20.7. The Labute approximate surface area is 178 Å². The number of aryl methyl sites for hydroxylation is 2. The first-order valence-corrected chi connectivity index (χ1v) is 11.7. The molecule has 152 valence electrons. The Hall–Kier alpha value is -2.12. The summed E-state index contributed by atoms with van der Waals surface area (Å²) < 4.78 is 0. The Morgan fingerprint density at radius 1 is 1.38 bits per heavy atom. The van der Waals surface area contributed by atoms with Crippen LogP contribution in [0.2, 0.25) is 0 Å². The molecule has 1 amide bonds. The summed E-state index contributed by atoms with van der Waals surface area (Å²) >= 11 is 3.06. The molecule has 2 atom stereocenters. The van der Waals surface area contributed by atoms with Crippen molar-refractivity contribution in [1.29, 1.82) is 0 Å². The Bertz CT molecular complexity index is 1130. The minimum Gasteiger partial charge on any atom is -0.311 e. The zero-order valence-corrected chi connectivity index (χ0v) is 18.7. The lowest BCUT2D eigenvalue weighted by atomic mass is 9.91. The number of aromatic nitrogens is 2. The van der Waals surface area contributed by atoms with Crippen LogP contribution in [0, 0.1) is 13.8 Å². The van der Waals surface area contributed by atoms with Gasteiger partial charge in [0.15, 0.2) is 0 Å². The van der Waals surface area contributed by atoms with Crippen molar-refractivity contribution in [1.82, 2.24) is 9.97 Å². The van der Waals surface area contributed by atoms with Gasteiger partial charge in [-0.2, -0.15) is 0 Å². The van der Waals surface area contributed by atoms with E-state index in [0.717, 1.165) is 33.9 Å². The average Bonchev–Trinajstić information content (AvgIpc) is 3.00. The SMILES string of the molecule is Cc1sc2nc(CSC(C)C(=O)N3CCC(C)c4ccccc43)[nH]c(=O)c2c1C. The molecule has 0 spiro atoms. The number of carbonyl (C=O) groups excluding carboxylic acids is 1. The molecule has 4 rings (SSSR count). The molecule has 29 heavy (non-hydrogen) atoms. The number of hydrogen-bond acceptors (Lipinski definition) is 5. The van der Waals surface area contributed by atoms with Gasteiger partial charge in [-0.3, -0.25) is 9.59 Å². The fourth-order valence-electron chi connectivity index (χ4n) is 3.84. The molecule has 1 N–H and O–H groups in total. The summed E-state index contributed by atoms with van der Waals surface area (Å²) in [6, 6.07) is 8.18. The number of H-pyrrole nitrogens is 1. The number of hydrogen-bond donors (Lipinski definition) is 1. The molecule has 0 bridgehead atoms. The number of thioether (sulfide) groups is 1. The van der Waals surface area contributed by atoms with Gasteiger partial charge in [-0.1, -0.05) is 25.1 Å². The molecule has 5 nitrogen and oxygen atoms in total. The van der Waals surface area contributed by atoms with Crippen molar-refractivity contribution in [2.45, 2.75) is 51.0 Å². The summed E-state index contributed by atoms with van der Waals surface area (Å²) in [7, 11) is 0. The molecule has 0 saturated heterocycles. The molecule has 0 saturated carbocycles. The van der Waals surface area contributed by atoms with Crippen LogP contribution in [0.25, 0.3) is 10.2 Å². The second-order valence-corrected chi connectivity index (χ2v) is 10.2. The quantitative estimate of drug-likeness (QED) is 0.652. The molecule has 0 aliphatic carbocycles. The summed E-state index contributed by atoms with van der Waals surface area (Å²) in [6.07, 6.45) is 0.975. The molecule has 3 heterocycles. The van der Waals surface area contributed by atoms with E-state index in [2.05, 4.69) is 23.0 Å². The van der Waals surface area contributed by atoms with Gasteiger partial charge in [-0.15, -0.1) is 23.1 Å². The monoisotopic (exact) mass is 427 g/mol. The van der Waals surface area contributed by atoms with Gasteiger partial charge in [0.2, 0.25) is 5.91 Å². The maximum atomic E-state index is 13.1. The largest absolute Gasteiger partial charge is 0.311 e. The first-order valence-electron chi connectivity index (χ1n) is 9.87. The normalized spacial score (nSPS) is 17.4. The highest BCUT2D eigenvalue weighted by Crippen LogP contribution is 2.36. The zero-order valence-electron chi connectivity index (χ0n) is 17.1. The lowest BCUT2D eigenvalue weighted by Gasteiger charge is -2.34. The second-order valence-electron chi connectivity index (χ2n) is 7.67. The Morgan fingerprint density at radius 3 is 2.93 bits per heavy atom. The van der Waals surface area contributed by atoms with Gasteiger partial charge in [0.1, 0.15) is 10.7 Å². The number of amides is 1. The molecule has 0 fully saturated rings. The fraction of sp³-hybridized carbons (Fsp3) is 0.409. The number of nitrogens with zero attached hydrogens (tertiary/aromatic N) is 2. The van der Waals surface area contributed by atoms with Gasteiger partial charge < -0.3 is 9.88 Å². The van der Waals surface area contributed by atoms with Gasteiger partial charge >= 0.3 is 0 Å². The minimum atomic E-state index is -0.218. The van der Waals surface area contributed by atoms with E-state index in [9.17, 15) is 9.59 Å². The van der Waals surface area contributed by atoms with Crippen molar-refractivity contribution >= 4 is 44.9 Å². The van der Waals surface area contributed by atoms with E-state index in [1.807, 2.05) is 43.9 Å². The molecule has 1 aromatic carbocycles. The van der Waals surface area contributed by atoms with Crippen molar-refractivity contribution in [3.8, 4) is 0 Å². The number of aromatic amines is 1. The number of fused-ring (bicyclic) bond motifs is 2. The number of benzene rings is 1. The molecule has 0 radical (unpaired) electrons. The van der Waals surface area contributed by atoms with Crippen LogP contribution < -0.4 is 10.5 Å². The number of anilines is 1. The molecular weight excluding hydrogens is 402 g/mol. The highest BCUT2D eigenvalue weighted by Gasteiger charge is 2.29. The van der Waals surface area contributed by atoms with Crippen LogP contribution >= 0.6 is 23.1 Å². The summed E-state index contributed by atoms with van der Waals surface area (Å²) in [6.45, 7) is 8.86. The number of rotatable bonds is 4. The van der Waals surface area contributed by atoms with Crippen molar-refractivity contribution in [3.63, 3.8) is 0 Å². The van der Waals surface area contributed by atoms with E-state index < -0.39 is 0 Å². The molecule has 2 unspecified atom stereocenters. The van der Waals surface area contributed by atoms with Crippen molar-refractivity contribution in [2.75, 3.05) is 11.4 Å². The van der Waals surface area contributed by atoms with Crippen molar-refractivity contribution < 1.29 is 4.79 Å². The third kappa shape index (κ3) is 3.73. The van der Waals surface area contributed by atoms with Gasteiger partial charge in [0.05, 0.1) is 16.4 Å². The average molecular weight is 428 g/mol. The van der Waals surface area contributed by atoms with Crippen LogP contribution in [0.3, 0.4) is 0 Å². The number of carbonyl (C=O) groups is 1. The summed E-state index contributed by atoms with van der Waals surface area (Å²) in [5.74, 6) is 1.71. The van der Waals surface area contributed by atoms with Crippen LogP contribution in [0.4, 0.5) is 5.69 Å². The first-order chi connectivity index (χ1) is 13.9. The summed E-state index contributed by atoms with van der Waals surface area (Å²) in [5.41, 5.74) is 3.18. The van der Waals surface area contributed by atoms with Gasteiger partial charge in [-0.05, 0) is 50.3 Å². The molecule has 1 aliphatic rings. The van der Waals surface area contributed by atoms with Gasteiger partial charge in [0, 0.05) is 17.1 Å². The maximum Gasteiger partial charge on any atom is 0.259 e. The predicted molar refractivity (Wildman–Crippen MR) is 122 cm³/mol. The number of para-hydroxylation sites is 1. The molecular formula is C22H25N3O2S2. The highest BCUT2D eigenvalue weighted by molar-refractivity contribution is 7.99. The molecule has 2 aromatic heterocycles. The van der Waals surface area contributed by atoms with E-state index in [-0.39, 0.29) is 16.7 Å². The van der Waals surface area contributed by atoms with Crippen LogP contribution in [0.15, 0.2) is 29.1 Å². The smallest absolute Gasteiger partial charge is 0.259 e. The fourth-order valence-corrected chi connectivity index (χ4v) is 5.70. The molecule has 1 aliphatic heterocycles. The lowest BCUT2D eigenvalue weighted by molar-refractivity contribution is -0.117. The first kappa shape index (κ1) is 20.2. The number of nitrogens with one attached hydrogen (secondary N) is 1. The third-order valence-electron chi connectivity index (χ3n) is 5.72. The third-order valence-corrected chi connectivity index (χ3v) is 7.96.